The highest BCUT2D eigenvalue weighted by Gasteiger charge is 2.28. The van der Waals surface area contributed by atoms with Crippen molar-refractivity contribution < 1.29 is 38.2 Å². The van der Waals surface area contributed by atoms with Crippen LogP contribution in [0.1, 0.15) is 99.6 Å². The Hall–Kier alpha value is -4.16. The molecule has 3 aromatic rings. The molecule has 210 valence electrons. The van der Waals surface area contributed by atoms with Crippen molar-refractivity contribution in [2.45, 2.75) is 41.5 Å². The van der Waals surface area contributed by atoms with Crippen molar-refractivity contribution in [2.75, 3.05) is 23.8 Å². The van der Waals surface area contributed by atoms with Crippen molar-refractivity contribution in [1.29, 1.82) is 0 Å². The number of nitrogens with one attached hydrogen (secondary N) is 2. The topological polar surface area (TPSA) is 145 Å². The number of esters is 2. The SMILES string of the molecule is CCOC(=O)c1c(NC(=O)c2ccccc2C(=O)Nc2sc(C(C)=O)c(C)c2C(=O)OCC)sc(C(C)=O)c1C. The molecule has 2 amide bonds. The molecule has 10 nitrogen and oxygen atoms in total. The number of ketones is 2. The van der Waals surface area contributed by atoms with E-state index in [4.69, 9.17) is 9.47 Å². The second kappa shape index (κ2) is 12.8. The molecule has 0 radical (unpaired) electrons. The molecule has 0 bridgehead atoms. The van der Waals surface area contributed by atoms with E-state index in [-0.39, 0.29) is 57.0 Å². The molecule has 1 aromatic carbocycles. The van der Waals surface area contributed by atoms with Crippen LogP contribution in [0, 0.1) is 13.8 Å². The molecular weight excluding hydrogens is 556 g/mol. The monoisotopic (exact) mass is 584 g/mol. The molecule has 2 aromatic heterocycles. The molecule has 0 spiro atoms. The molecule has 12 heteroatoms. The number of ether oxygens (including phenoxy) is 2. The highest BCUT2D eigenvalue weighted by Crippen LogP contribution is 2.36. The van der Waals surface area contributed by atoms with Gasteiger partial charge in [0.25, 0.3) is 11.8 Å². The van der Waals surface area contributed by atoms with E-state index in [1.54, 1.807) is 39.8 Å². The molecule has 0 atom stereocenters. The van der Waals surface area contributed by atoms with Crippen molar-refractivity contribution >= 4 is 68.0 Å². The Morgan fingerprint density at radius 3 is 1.32 bits per heavy atom. The summed E-state index contributed by atoms with van der Waals surface area (Å²) in [5, 5.41) is 5.53. The Labute approximate surface area is 238 Å². The fraction of sp³-hybridized carbons (Fsp3) is 0.286. The standard InChI is InChI=1S/C28H28N2O8S2/c1-7-37-27(35)19-13(3)21(15(5)31)39-25(19)29-23(33)17-11-9-10-12-18(17)24(34)30-26-20(28(36)38-8-2)14(4)22(40-26)16(6)32/h9-12H,7-8H2,1-6H3,(H,29,33)(H,30,34). The molecule has 0 unspecified atom stereocenters. The Bertz CT molecular complexity index is 1420. The van der Waals surface area contributed by atoms with Gasteiger partial charge in [-0.3, -0.25) is 19.2 Å². The average molecular weight is 585 g/mol. The van der Waals surface area contributed by atoms with Gasteiger partial charge in [0.05, 0.1) is 45.2 Å². The molecule has 2 N–H and O–H groups in total. The van der Waals surface area contributed by atoms with Gasteiger partial charge in [0.2, 0.25) is 0 Å². The number of thiophene rings is 2. The number of carbonyl (C=O) groups is 6. The van der Waals surface area contributed by atoms with Crippen LogP contribution < -0.4 is 10.6 Å². The number of benzene rings is 1. The normalized spacial score (nSPS) is 10.6. The van der Waals surface area contributed by atoms with Gasteiger partial charge in [-0.25, -0.2) is 9.59 Å². The summed E-state index contributed by atoms with van der Waals surface area (Å²) in [5.74, 6) is -3.34. The van der Waals surface area contributed by atoms with Crippen LogP contribution in [0.25, 0.3) is 0 Å². The second-order valence-corrected chi connectivity index (χ2v) is 10.6. The first-order valence-corrected chi connectivity index (χ1v) is 13.9. The molecule has 0 saturated carbocycles. The van der Waals surface area contributed by atoms with E-state index in [0.29, 0.717) is 20.9 Å². The zero-order chi connectivity index (χ0) is 29.7. The lowest BCUT2D eigenvalue weighted by Gasteiger charge is -2.11. The molecular formula is C28H28N2O8S2. The van der Waals surface area contributed by atoms with Gasteiger partial charge in [0.1, 0.15) is 10.0 Å². The highest BCUT2D eigenvalue weighted by atomic mass is 32.1. The second-order valence-electron chi connectivity index (χ2n) is 8.53. The summed E-state index contributed by atoms with van der Waals surface area (Å²) in [5.41, 5.74) is 0.858. The van der Waals surface area contributed by atoms with Crippen molar-refractivity contribution in [3.63, 3.8) is 0 Å². The molecule has 0 aliphatic rings. The number of carbonyl (C=O) groups excluding carboxylic acids is 6. The van der Waals surface area contributed by atoms with Crippen LogP contribution >= 0.6 is 22.7 Å². The van der Waals surface area contributed by atoms with Gasteiger partial charge in [-0.2, -0.15) is 0 Å². The smallest absolute Gasteiger partial charge is 0.341 e. The van der Waals surface area contributed by atoms with Gasteiger partial charge in [0.15, 0.2) is 11.6 Å². The van der Waals surface area contributed by atoms with Crippen LogP contribution in [0.5, 0.6) is 0 Å². The lowest BCUT2D eigenvalue weighted by atomic mass is 10.1. The molecule has 40 heavy (non-hydrogen) atoms. The van der Waals surface area contributed by atoms with E-state index in [1.807, 2.05) is 0 Å². The molecule has 3 rings (SSSR count). The quantitative estimate of drug-likeness (QED) is 0.228. The third-order valence-corrected chi connectivity index (χ3v) is 8.38. The third-order valence-electron chi connectivity index (χ3n) is 5.76. The molecule has 0 aliphatic heterocycles. The lowest BCUT2D eigenvalue weighted by Crippen LogP contribution is -2.21. The van der Waals surface area contributed by atoms with E-state index in [2.05, 4.69) is 10.6 Å². The van der Waals surface area contributed by atoms with Crippen LogP contribution in [-0.2, 0) is 9.47 Å². The minimum Gasteiger partial charge on any atom is -0.462 e. The van der Waals surface area contributed by atoms with Crippen molar-refractivity contribution in [2.24, 2.45) is 0 Å². The van der Waals surface area contributed by atoms with Crippen LogP contribution in [-0.4, -0.2) is 48.5 Å². The number of rotatable bonds is 10. The summed E-state index contributed by atoms with van der Waals surface area (Å²) in [4.78, 5) is 76.8. The van der Waals surface area contributed by atoms with E-state index in [9.17, 15) is 28.8 Å². The maximum Gasteiger partial charge on any atom is 0.341 e. The fourth-order valence-corrected chi connectivity index (χ4v) is 6.16. The number of Topliss-reactive ketones (excluding diaryl/α,β-unsaturated/α-hetero) is 2. The Kier molecular flexibility index (Phi) is 9.72. The van der Waals surface area contributed by atoms with Crippen molar-refractivity contribution in [1.82, 2.24) is 0 Å². The van der Waals surface area contributed by atoms with E-state index >= 15 is 0 Å². The molecule has 2 heterocycles. The number of anilines is 2. The molecule has 0 fully saturated rings. The Balaban J connectivity index is 1.99. The molecule has 0 saturated heterocycles. The van der Waals surface area contributed by atoms with Gasteiger partial charge in [0, 0.05) is 0 Å². The van der Waals surface area contributed by atoms with Crippen LogP contribution in [0.2, 0.25) is 0 Å². The predicted molar refractivity (Wildman–Crippen MR) is 152 cm³/mol. The summed E-state index contributed by atoms with van der Waals surface area (Å²) in [7, 11) is 0. The third kappa shape index (κ3) is 6.18. The van der Waals surface area contributed by atoms with Crippen LogP contribution in [0.15, 0.2) is 24.3 Å². The Morgan fingerprint density at radius 2 is 1.02 bits per heavy atom. The minimum absolute atomic E-state index is 0.0250. The van der Waals surface area contributed by atoms with Gasteiger partial charge < -0.3 is 20.1 Å². The van der Waals surface area contributed by atoms with Crippen LogP contribution in [0.4, 0.5) is 10.0 Å². The van der Waals surface area contributed by atoms with E-state index < -0.39 is 23.8 Å². The minimum atomic E-state index is -0.704. The predicted octanol–water partition coefficient (Wildman–Crippen LogP) is 5.69. The van der Waals surface area contributed by atoms with Crippen molar-refractivity contribution in [3.05, 3.63) is 67.4 Å². The van der Waals surface area contributed by atoms with Gasteiger partial charge in [-0.1, -0.05) is 12.1 Å². The highest BCUT2D eigenvalue weighted by molar-refractivity contribution is 7.19. The van der Waals surface area contributed by atoms with Gasteiger partial charge in [-0.15, -0.1) is 22.7 Å². The van der Waals surface area contributed by atoms with Gasteiger partial charge in [-0.05, 0) is 64.8 Å². The number of hydrogen-bond acceptors (Lipinski definition) is 10. The average Bonchev–Trinajstić information content (AvgIpc) is 3.40. The number of hydrogen-bond donors (Lipinski definition) is 2. The summed E-state index contributed by atoms with van der Waals surface area (Å²) in [6.45, 7) is 9.37. The summed E-state index contributed by atoms with van der Waals surface area (Å²) < 4.78 is 10.2. The zero-order valence-electron chi connectivity index (χ0n) is 22.8. The van der Waals surface area contributed by atoms with Crippen LogP contribution in [0.3, 0.4) is 0 Å². The first-order chi connectivity index (χ1) is 18.9. The fourth-order valence-electron chi connectivity index (χ4n) is 3.99. The zero-order valence-corrected chi connectivity index (χ0v) is 24.4. The summed E-state index contributed by atoms with van der Waals surface area (Å²) in [6.07, 6.45) is 0. The van der Waals surface area contributed by atoms with E-state index in [0.717, 1.165) is 22.7 Å². The lowest BCUT2D eigenvalue weighted by molar-refractivity contribution is 0.0517. The maximum atomic E-state index is 13.4. The largest absolute Gasteiger partial charge is 0.462 e. The first kappa shape index (κ1) is 30.4. The van der Waals surface area contributed by atoms with Gasteiger partial charge >= 0.3 is 11.9 Å². The Morgan fingerprint density at radius 1 is 0.675 bits per heavy atom. The first-order valence-electron chi connectivity index (χ1n) is 12.3. The number of amides is 2. The summed E-state index contributed by atoms with van der Waals surface area (Å²) >= 11 is 1.88. The summed E-state index contributed by atoms with van der Waals surface area (Å²) in [6, 6.07) is 5.97. The van der Waals surface area contributed by atoms with Crippen molar-refractivity contribution in [3.8, 4) is 0 Å². The molecule has 0 aliphatic carbocycles. The maximum absolute atomic E-state index is 13.4. The van der Waals surface area contributed by atoms with E-state index in [1.165, 1.54) is 26.0 Å².